The number of pyridine rings is 1. The van der Waals surface area contributed by atoms with E-state index in [-0.39, 0.29) is 5.82 Å². The van der Waals surface area contributed by atoms with Gasteiger partial charge in [0.15, 0.2) is 11.0 Å². The van der Waals surface area contributed by atoms with Gasteiger partial charge in [-0.05, 0) is 60.6 Å². The van der Waals surface area contributed by atoms with Gasteiger partial charge < -0.3 is 0 Å². The quantitative estimate of drug-likeness (QED) is 0.335. The molecule has 0 amide bonds. The van der Waals surface area contributed by atoms with E-state index in [0.717, 1.165) is 33.5 Å². The Kier molecular flexibility index (Phi) is 6.96. The molecule has 4 rings (SSSR count). The lowest BCUT2D eigenvalue weighted by molar-refractivity contribution is 0.308. The van der Waals surface area contributed by atoms with Crippen LogP contribution >= 0.6 is 23.4 Å². The molecule has 158 valence electrons. The molecule has 8 heteroatoms. The van der Waals surface area contributed by atoms with Crippen LogP contribution in [-0.4, -0.2) is 31.7 Å². The summed E-state index contributed by atoms with van der Waals surface area (Å²) in [7, 11) is 2.00. The molecule has 2 heterocycles. The van der Waals surface area contributed by atoms with Crippen LogP contribution in [0.4, 0.5) is 4.39 Å². The minimum atomic E-state index is -0.233. The number of halogens is 2. The Balaban J connectivity index is 1.57. The predicted molar refractivity (Wildman–Crippen MR) is 122 cm³/mol. The SMILES string of the molecule is CN(Cc1ccc(F)cc1)Cc1nnc(SCc2ccncc2)n1-c1cccc(Cl)c1. The molecule has 0 saturated heterocycles. The number of benzene rings is 2. The molecule has 0 N–H and O–H groups in total. The monoisotopic (exact) mass is 453 g/mol. The third-order valence-electron chi connectivity index (χ3n) is 4.66. The van der Waals surface area contributed by atoms with Gasteiger partial charge in [0, 0.05) is 29.7 Å². The maximum Gasteiger partial charge on any atom is 0.196 e. The fourth-order valence-electron chi connectivity index (χ4n) is 3.20. The summed E-state index contributed by atoms with van der Waals surface area (Å²) in [4.78, 5) is 6.19. The van der Waals surface area contributed by atoms with Gasteiger partial charge in [-0.15, -0.1) is 10.2 Å². The summed E-state index contributed by atoms with van der Waals surface area (Å²) in [6.45, 7) is 1.24. The van der Waals surface area contributed by atoms with Crippen LogP contribution in [0.25, 0.3) is 5.69 Å². The second-order valence-electron chi connectivity index (χ2n) is 7.16. The van der Waals surface area contributed by atoms with Crippen LogP contribution in [0, 0.1) is 5.82 Å². The summed E-state index contributed by atoms with van der Waals surface area (Å²) in [6.07, 6.45) is 3.57. The molecular formula is C23H21ClFN5S. The third kappa shape index (κ3) is 5.70. The van der Waals surface area contributed by atoms with Gasteiger partial charge in [0.2, 0.25) is 0 Å². The number of aromatic nitrogens is 4. The fourth-order valence-corrected chi connectivity index (χ4v) is 4.31. The molecule has 0 aliphatic rings. The van der Waals surface area contributed by atoms with Crippen LogP contribution in [0.3, 0.4) is 0 Å². The summed E-state index contributed by atoms with van der Waals surface area (Å²) in [5, 5.41) is 10.4. The summed E-state index contributed by atoms with van der Waals surface area (Å²) < 4.78 is 15.2. The Morgan fingerprint density at radius 3 is 2.48 bits per heavy atom. The molecule has 0 unspecified atom stereocenters. The smallest absolute Gasteiger partial charge is 0.196 e. The summed E-state index contributed by atoms with van der Waals surface area (Å²) in [5.41, 5.74) is 3.11. The van der Waals surface area contributed by atoms with Gasteiger partial charge >= 0.3 is 0 Å². The highest BCUT2D eigenvalue weighted by Gasteiger charge is 2.17. The van der Waals surface area contributed by atoms with Crippen molar-refractivity contribution in [2.24, 2.45) is 0 Å². The first-order chi connectivity index (χ1) is 15.1. The number of hydrogen-bond donors (Lipinski definition) is 0. The van der Waals surface area contributed by atoms with Crippen molar-refractivity contribution in [2.75, 3.05) is 7.05 Å². The van der Waals surface area contributed by atoms with Crippen LogP contribution in [0.5, 0.6) is 0 Å². The van der Waals surface area contributed by atoms with Gasteiger partial charge in [0.25, 0.3) is 0 Å². The van der Waals surface area contributed by atoms with Gasteiger partial charge in [0.05, 0.1) is 12.2 Å². The lowest BCUT2D eigenvalue weighted by Gasteiger charge is -2.18. The molecule has 2 aromatic heterocycles. The molecule has 0 spiro atoms. The van der Waals surface area contributed by atoms with Gasteiger partial charge in [-0.25, -0.2) is 4.39 Å². The molecule has 4 aromatic rings. The highest BCUT2D eigenvalue weighted by atomic mass is 35.5. The molecule has 0 bridgehead atoms. The summed E-state index contributed by atoms with van der Waals surface area (Å²) >= 11 is 7.87. The first-order valence-corrected chi connectivity index (χ1v) is 11.1. The topological polar surface area (TPSA) is 46.8 Å². The van der Waals surface area contributed by atoms with E-state index in [1.807, 2.05) is 48.0 Å². The third-order valence-corrected chi connectivity index (χ3v) is 5.90. The van der Waals surface area contributed by atoms with Gasteiger partial charge in [-0.2, -0.15) is 0 Å². The Hall–Kier alpha value is -2.74. The Bertz CT molecular complexity index is 1130. The van der Waals surface area contributed by atoms with Crippen molar-refractivity contribution in [3.05, 3.63) is 101 Å². The van der Waals surface area contributed by atoms with Crippen LogP contribution in [0.2, 0.25) is 5.02 Å². The van der Waals surface area contributed by atoms with E-state index < -0.39 is 0 Å². The molecule has 0 fully saturated rings. The van der Waals surface area contributed by atoms with Crippen molar-refractivity contribution in [3.63, 3.8) is 0 Å². The average molecular weight is 454 g/mol. The standard InChI is InChI=1S/C23H21ClFN5S/c1-29(14-17-5-7-20(25)8-6-17)15-22-27-28-23(31-16-18-9-11-26-12-10-18)30(22)21-4-2-3-19(24)13-21/h2-13H,14-16H2,1H3. The molecule has 0 aliphatic heterocycles. The average Bonchev–Trinajstić information content (AvgIpc) is 3.17. The summed E-state index contributed by atoms with van der Waals surface area (Å²) in [5.74, 6) is 1.33. The number of thioether (sulfide) groups is 1. The number of nitrogens with zero attached hydrogens (tertiary/aromatic N) is 5. The second-order valence-corrected chi connectivity index (χ2v) is 8.54. The molecule has 31 heavy (non-hydrogen) atoms. The molecule has 0 saturated carbocycles. The first kappa shape index (κ1) is 21.5. The van der Waals surface area contributed by atoms with E-state index in [9.17, 15) is 4.39 Å². The van der Waals surface area contributed by atoms with E-state index in [1.165, 1.54) is 12.1 Å². The number of hydrogen-bond acceptors (Lipinski definition) is 5. The minimum Gasteiger partial charge on any atom is -0.295 e. The maximum atomic E-state index is 13.2. The first-order valence-electron chi connectivity index (χ1n) is 9.73. The Labute approximate surface area is 189 Å². The molecule has 0 aliphatic carbocycles. The summed E-state index contributed by atoms with van der Waals surface area (Å²) in [6, 6.07) is 18.2. The van der Waals surface area contributed by atoms with Gasteiger partial charge in [-0.3, -0.25) is 14.5 Å². The highest BCUT2D eigenvalue weighted by molar-refractivity contribution is 7.98. The highest BCUT2D eigenvalue weighted by Crippen LogP contribution is 2.27. The fraction of sp³-hybridized carbons (Fsp3) is 0.174. The second kappa shape index (κ2) is 10.0. The van der Waals surface area contributed by atoms with Crippen molar-refractivity contribution >= 4 is 23.4 Å². The molecule has 5 nitrogen and oxygen atoms in total. The molecular weight excluding hydrogens is 433 g/mol. The lowest BCUT2D eigenvalue weighted by atomic mass is 10.2. The van der Waals surface area contributed by atoms with Crippen LogP contribution < -0.4 is 0 Å². The van der Waals surface area contributed by atoms with E-state index in [0.29, 0.717) is 18.1 Å². The predicted octanol–water partition coefficient (Wildman–Crippen LogP) is 5.38. The lowest BCUT2D eigenvalue weighted by Crippen LogP contribution is -2.20. The maximum absolute atomic E-state index is 13.2. The van der Waals surface area contributed by atoms with E-state index in [1.54, 1.807) is 36.3 Å². The van der Waals surface area contributed by atoms with E-state index in [2.05, 4.69) is 20.1 Å². The molecule has 0 radical (unpaired) electrons. The zero-order valence-electron chi connectivity index (χ0n) is 16.9. The van der Waals surface area contributed by atoms with Crippen molar-refractivity contribution in [1.29, 1.82) is 0 Å². The minimum absolute atomic E-state index is 0.233. The zero-order valence-corrected chi connectivity index (χ0v) is 18.5. The van der Waals surface area contributed by atoms with Crippen molar-refractivity contribution < 1.29 is 4.39 Å². The van der Waals surface area contributed by atoms with Gasteiger partial charge in [-0.1, -0.05) is 41.6 Å². The van der Waals surface area contributed by atoms with Gasteiger partial charge in [0.1, 0.15) is 5.82 Å². The number of rotatable bonds is 8. The van der Waals surface area contributed by atoms with Crippen molar-refractivity contribution in [3.8, 4) is 5.69 Å². The zero-order chi connectivity index (χ0) is 21.6. The largest absolute Gasteiger partial charge is 0.295 e. The molecule has 0 atom stereocenters. The Morgan fingerprint density at radius 1 is 0.968 bits per heavy atom. The van der Waals surface area contributed by atoms with E-state index >= 15 is 0 Å². The molecule has 2 aromatic carbocycles. The van der Waals surface area contributed by atoms with E-state index in [4.69, 9.17) is 11.6 Å². The van der Waals surface area contributed by atoms with Crippen LogP contribution in [0.15, 0.2) is 78.2 Å². The Morgan fingerprint density at radius 2 is 1.74 bits per heavy atom. The van der Waals surface area contributed by atoms with Crippen molar-refractivity contribution in [2.45, 2.75) is 24.0 Å². The van der Waals surface area contributed by atoms with Crippen molar-refractivity contribution in [1.82, 2.24) is 24.6 Å². The van der Waals surface area contributed by atoms with Crippen LogP contribution in [0.1, 0.15) is 17.0 Å². The van der Waals surface area contributed by atoms with Crippen LogP contribution in [-0.2, 0) is 18.8 Å². The normalized spacial score (nSPS) is 11.2.